The third-order valence-electron chi connectivity index (χ3n) is 21.8. The number of hydrogen-bond donors (Lipinski definition) is 0. The molecule has 0 fully saturated rings. The number of aromatic nitrogens is 2. The Morgan fingerprint density at radius 2 is 0.505 bits per heavy atom. The molecule has 21 aromatic rings. The summed E-state index contributed by atoms with van der Waals surface area (Å²) in [5.41, 5.74) is 29.7. The minimum absolute atomic E-state index is 0.906. The highest BCUT2D eigenvalue weighted by molar-refractivity contribution is 6.12. The molecule has 0 N–H and O–H groups in total. The standard InChI is InChI=1S/C54H36N2O.C52H36N2/c1-2-12-37(13-3-1)38-24-30-42(31-25-38)55(44-34-28-40(29-35-44)46-19-11-20-50-49-18-6-9-23-53(49)57-54(46)50)43-32-26-39(27-33-43)41-14-10-15-45(36-41)56-51-21-7-4-16-47(51)48-17-5-8-22-52(48)56;1-3-13-37(14-4-1)38-23-25-39(26-24-38)40-27-29-42(30-28-40)53(52-36-35-45(41-15-5-2-6-16-41)46-17-7-8-18-47(46)52)43-31-33-44(34-32-43)54-50-21-11-9-19-48(50)49-20-10-12-22-51(49)54/h1-36H;1-36H. The monoisotopic (exact) mass is 1420 g/mol. The summed E-state index contributed by atoms with van der Waals surface area (Å²) in [5.74, 6) is 0. The molecule has 0 aliphatic carbocycles. The van der Waals surface area contributed by atoms with Gasteiger partial charge in [0.15, 0.2) is 0 Å². The van der Waals surface area contributed by atoms with Gasteiger partial charge in [0.2, 0.25) is 0 Å². The van der Waals surface area contributed by atoms with Crippen LogP contribution in [-0.4, -0.2) is 9.13 Å². The fourth-order valence-electron chi connectivity index (χ4n) is 16.5. The zero-order valence-electron chi connectivity index (χ0n) is 60.8. The summed E-state index contributed by atoms with van der Waals surface area (Å²) in [6, 6.07) is 157. The van der Waals surface area contributed by atoms with Crippen molar-refractivity contribution in [2.24, 2.45) is 0 Å². The first-order chi connectivity index (χ1) is 55.1. The molecule has 522 valence electrons. The molecule has 0 atom stereocenters. The van der Waals surface area contributed by atoms with E-state index in [9.17, 15) is 0 Å². The van der Waals surface area contributed by atoms with Crippen LogP contribution in [0.4, 0.5) is 34.1 Å². The largest absolute Gasteiger partial charge is 0.455 e. The summed E-state index contributed by atoms with van der Waals surface area (Å²) in [6.07, 6.45) is 0. The number of nitrogens with zero attached hydrogens (tertiary/aromatic N) is 4. The molecule has 0 spiro atoms. The second-order valence-electron chi connectivity index (χ2n) is 28.3. The molecule has 0 saturated heterocycles. The Balaban J connectivity index is 0.000000145. The van der Waals surface area contributed by atoms with E-state index < -0.39 is 0 Å². The average molecular weight is 1420 g/mol. The molecule has 5 nitrogen and oxygen atoms in total. The average Bonchev–Trinajstić information content (AvgIpc) is 1.68. The molecule has 0 amide bonds. The summed E-state index contributed by atoms with van der Waals surface area (Å²) in [5, 5.41) is 9.75. The number of rotatable bonds is 14. The lowest BCUT2D eigenvalue weighted by atomic mass is 9.96. The van der Waals surface area contributed by atoms with Crippen LogP contribution in [0.5, 0.6) is 0 Å². The van der Waals surface area contributed by atoms with Crippen LogP contribution in [0.3, 0.4) is 0 Å². The van der Waals surface area contributed by atoms with Crippen molar-refractivity contribution in [3.05, 3.63) is 437 Å². The van der Waals surface area contributed by atoms with Gasteiger partial charge in [-0.3, -0.25) is 0 Å². The summed E-state index contributed by atoms with van der Waals surface area (Å²) >= 11 is 0. The molecule has 0 unspecified atom stereocenters. The van der Waals surface area contributed by atoms with Crippen LogP contribution in [0.15, 0.2) is 441 Å². The predicted molar refractivity (Wildman–Crippen MR) is 468 cm³/mol. The van der Waals surface area contributed by atoms with Gasteiger partial charge in [0.25, 0.3) is 0 Å². The van der Waals surface area contributed by atoms with E-state index in [2.05, 4.69) is 444 Å². The molecule has 0 aliphatic rings. The molecule has 21 rings (SSSR count). The van der Waals surface area contributed by atoms with Crippen LogP contribution in [0, 0.1) is 0 Å². The second kappa shape index (κ2) is 28.5. The lowest BCUT2D eigenvalue weighted by molar-refractivity contribution is 0.670. The molecule has 0 bridgehead atoms. The molecule has 18 aromatic carbocycles. The molecule has 111 heavy (non-hydrogen) atoms. The Bertz CT molecular complexity index is 6840. The highest BCUT2D eigenvalue weighted by atomic mass is 16.3. The van der Waals surface area contributed by atoms with Gasteiger partial charge < -0.3 is 23.4 Å². The molecular formula is C106H72N4O. The van der Waals surface area contributed by atoms with Crippen molar-refractivity contribution in [3.63, 3.8) is 0 Å². The van der Waals surface area contributed by atoms with Gasteiger partial charge >= 0.3 is 0 Å². The Morgan fingerprint density at radius 1 is 0.180 bits per heavy atom. The maximum atomic E-state index is 6.40. The zero-order valence-corrected chi connectivity index (χ0v) is 60.8. The molecule has 0 aliphatic heterocycles. The summed E-state index contributed by atoms with van der Waals surface area (Å²) in [7, 11) is 0. The van der Waals surface area contributed by atoms with Crippen LogP contribution in [-0.2, 0) is 0 Å². The topological polar surface area (TPSA) is 29.5 Å². The maximum absolute atomic E-state index is 6.40. The van der Waals surface area contributed by atoms with E-state index in [-0.39, 0.29) is 0 Å². The van der Waals surface area contributed by atoms with Gasteiger partial charge in [-0.15, -0.1) is 0 Å². The van der Waals surface area contributed by atoms with Gasteiger partial charge in [-0.25, -0.2) is 0 Å². The third-order valence-corrected chi connectivity index (χ3v) is 21.8. The van der Waals surface area contributed by atoms with Gasteiger partial charge in [-0.1, -0.05) is 315 Å². The van der Waals surface area contributed by atoms with Crippen LogP contribution >= 0.6 is 0 Å². The van der Waals surface area contributed by atoms with Crippen molar-refractivity contribution in [1.29, 1.82) is 0 Å². The number of hydrogen-bond acceptors (Lipinski definition) is 3. The van der Waals surface area contributed by atoms with Crippen molar-refractivity contribution >= 4 is 110 Å². The lowest BCUT2D eigenvalue weighted by Gasteiger charge is -2.28. The Morgan fingerprint density at radius 3 is 0.991 bits per heavy atom. The minimum atomic E-state index is 0.906. The minimum Gasteiger partial charge on any atom is -0.455 e. The molecule has 0 saturated carbocycles. The zero-order chi connectivity index (χ0) is 73.6. The lowest BCUT2D eigenvalue weighted by Crippen LogP contribution is -2.11. The smallest absolute Gasteiger partial charge is 0.143 e. The number of para-hydroxylation sites is 6. The van der Waals surface area contributed by atoms with Crippen molar-refractivity contribution < 1.29 is 4.42 Å². The number of fused-ring (bicyclic) bond motifs is 10. The van der Waals surface area contributed by atoms with Gasteiger partial charge in [0.05, 0.1) is 27.8 Å². The van der Waals surface area contributed by atoms with Gasteiger partial charge in [0.1, 0.15) is 11.2 Å². The highest BCUT2D eigenvalue weighted by Gasteiger charge is 2.22. The van der Waals surface area contributed by atoms with E-state index in [4.69, 9.17) is 4.42 Å². The first kappa shape index (κ1) is 65.7. The summed E-state index contributed by atoms with van der Waals surface area (Å²) in [4.78, 5) is 4.73. The van der Waals surface area contributed by atoms with Gasteiger partial charge in [-0.05, 0) is 188 Å². The molecule has 3 heterocycles. The van der Waals surface area contributed by atoms with Crippen molar-refractivity contribution in [1.82, 2.24) is 9.13 Å². The van der Waals surface area contributed by atoms with Crippen molar-refractivity contribution in [2.45, 2.75) is 0 Å². The predicted octanol–water partition coefficient (Wildman–Crippen LogP) is 29.6. The maximum Gasteiger partial charge on any atom is 0.143 e. The number of furan rings is 1. The van der Waals surface area contributed by atoms with E-state index in [0.29, 0.717) is 0 Å². The molecule has 3 aromatic heterocycles. The first-order valence-electron chi connectivity index (χ1n) is 37.9. The first-order valence-corrected chi connectivity index (χ1v) is 37.9. The molecule has 5 heteroatoms. The van der Waals surface area contributed by atoms with E-state index >= 15 is 0 Å². The fraction of sp³-hybridized carbons (Fsp3) is 0. The van der Waals surface area contributed by atoms with Crippen molar-refractivity contribution in [3.8, 4) is 78.1 Å². The fourth-order valence-corrected chi connectivity index (χ4v) is 16.5. The Labute approximate surface area is 644 Å². The van der Waals surface area contributed by atoms with Crippen LogP contribution in [0.2, 0.25) is 0 Å². The van der Waals surface area contributed by atoms with E-state index in [1.807, 2.05) is 12.1 Å². The quantitative estimate of drug-likeness (QED) is 0.109. The van der Waals surface area contributed by atoms with E-state index in [1.165, 1.54) is 104 Å². The van der Waals surface area contributed by atoms with Crippen LogP contribution in [0.25, 0.3) is 154 Å². The SMILES string of the molecule is c1ccc(-c2ccc(-c3ccc(N(c4ccc(-n5c6ccccc6c6ccccc65)cc4)c4ccc(-c5ccccc5)c5ccccc45)cc3)cc2)cc1.c1ccc(-c2ccc(N(c3ccc(-c4cccc(-n5c6ccccc6c6ccccc65)c4)cc3)c3ccc(-c4cccc5c4oc4ccccc45)cc3)cc2)cc1. The van der Waals surface area contributed by atoms with Crippen molar-refractivity contribution in [2.75, 3.05) is 9.80 Å². The molecular weight excluding hydrogens is 1350 g/mol. The third kappa shape index (κ3) is 12.2. The summed E-state index contributed by atoms with van der Waals surface area (Å²) < 4.78 is 11.2. The number of benzene rings is 18. The van der Waals surface area contributed by atoms with Gasteiger partial charge in [0, 0.05) is 83.1 Å². The molecule has 0 radical (unpaired) electrons. The Hall–Kier alpha value is -14.8. The normalized spacial score (nSPS) is 11.4. The summed E-state index contributed by atoms with van der Waals surface area (Å²) in [6.45, 7) is 0. The highest BCUT2D eigenvalue weighted by Crippen LogP contribution is 2.46. The van der Waals surface area contributed by atoms with E-state index in [1.54, 1.807) is 0 Å². The van der Waals surface area contributed by atoms with Crippen LogP contribution < -0.4 is 9.80 Å². The Kier molecular flexibility index (Phi) is 16.9. The second-order valence-corrected chi connectivity index (χ2v) is 28.3. The van der Waals surface area contributed by atoms with E-state index in [0.717, 1.165) is 84.1 Å². The van der Waals surface area contributed by atoms with Gasteiger partial charge in [-0.2, -0.15) is 0 Å². The van der Waals surface area contributed by atoms with Crippen LogP contribution in [0.1, 0.15) is 0 Å². The number of anilines is 6.